The fraction of sp³-hybridized carbons (Fsp3) is 0.692. The van der Waals surface area contributed by atoms with Gasteiger partial charge in [0.1, 0.15) is 6.20 Å². The van der Waals surface area contributed by atoms with Gasteiger partial charge in [0, 0.05) is 31.9 Å². The number of aromatic nitrogens is 2. The maximum absolute atomic E-state index is 11.3. The summed E-state index contributed by atoms with van der Waals surface area (Å²) in [6.07, 6.45) is 5.47. The van der Waals surface area contributed by atoms with Crippen LogP contribution in [0.4, 0.5) is 0 Å². The Morgan fingerprint density at radius 3 is 2.94 bits per heavy atom. The third kappa shape index (κ3) is 2.90. The van der Waals surface area contributed by atoms with Gasteiger partial charge in [0.15, 0.2) is 5.82 Å². The SMILES string of the molecule is CC(C)(C)CN1CCC(n2c[c]nc2C(N)=O)C1. The number of hydrogen-bond donors (Lipinski definition) is 1. The van der Waals surface area contributed by atoms with Gasteiger partial charge in [-0.25, -0.2) is 4.98 Å². The van der Waals surface area contributed by atoms with E-state index < -0.39 is 5.91 Å². The molecule has 1 aliphatic heterocycles. The predicted molar refractivity (Wildman–Crippen MR) is 69.1 cm³/mol. The molecule has 0 spiro atoms. The third-order valence-electron chi connectivity index (χ3n) is 3.17. The van der Waals surface area contributed by atoms with Crippen molar-refractivity contribution < 1.29 is 4.79 Å². The van der Waals surface area contributed by atoms with E-state index in [1.165, 1.54) is 0 Å². The van der Waals surface area contributed by atoms with Crippen LogP contribution < -0.4 is 5.73 Å². The second-order valence-electron chi connectivity index (χ2n) is 6.20. The summed E-state index contributed by atoms with van der Waals surface area (Å²) >= 11 is 0. The minimum atomic E-state index is -0.481. The second kappa shape index (κ2) is 4.72. The van der Waals surface area contributed by atoms with E-state index in [1.807, 2.05) is 4.57 Å². The summed E-state index contributed by atoms with van der Waals surface area (Å²) in [5, 5.41) is 0. The zero-order valence-corrected chi connectivity index (χ0v) is 11.3. The van der Waals surface area contributed by atoms with Crippen LogP contribution in [0.3, 0.4) is 0 Å². The lowest BCUT2D eigenvalue weighted by Crippen LogP contribution is -2.31. The average molecular weight is 249 g/mol. The van der Waals surface area contributed by atoms with Crippen LogP contribution in [0.25, 0.3) is 0 Å². The topological polar surface area (TPSA) is 64.2 Å². The molecule has 0 saturated carbocycles. The van der Waals surface area contributed by atoms with Gasteiger partial charge in [0.05, 0.1) is 0 Å². The molecule has 0 bridgehead atoms. The summed E-state index contributed by atoms with van der Waals surface area (Å²) in [4.78, 5) is 17.6. The molecule has 1 fully saturated rings. The van der Waals surface area contributed by atoms with Gasteiger partial charge in [-0.1, -0.05) is 20.8 Å². The first-order valence-corrected chi connectivity index (χ1v) is 6.34. The number of nitrogens with two attached hydrogens (primary N) is 1. The predicted octanol–water partition coefficient (Wildman–Crippen LogP) is 1.08. The Morgan fingerprint density at radius 2 is 2.33 bits per heavy atom. The maximum atomic E-state index is 11.3. The van der Waals surface area contributed by atoms with Crippen LogP contribution in [-0.2, 0) is 0 Å². The molecule has 2 N–H and O–H groups in total. The highest BCUT2D eigenvalue weighted by Gasteiger charge is 2.28. The number of amides is 1. The van der Waals surface area contributed by atoms with Crippen LogP contribution in [0.1, 0.15) is 43.9 Å². The van der Waals surface area contributed by atoms with Gasteiger partial charge in [0.25, 0.3) is 5.91 Å². The highest BCUT2D eigenvalue weighted by Crippen LogP contribution is 2.26. The monoisotopic (exact) mass is 249 g/mol. The van der Waals surface area contributed by atoms with Crippen molar-refractivity contribution in [3.8, 4) is 0 Å². The molecule has 5 heteroatoms. The van der Waals surface area contributed by atoms with E-state index >= 15 is 0 Å². The molecule has 1 amide bonds. The minimum absolute atomic E-state index is 0.286. The van der Waals surface area contributed by atoms with Crippen LogP contribution in [0, 0.1) is 11.6 Å². The van der Waals surface area contributed by atoms with Gasteiger partial charge in [-0.2, -0.15) is 0 Å². The lowest BCUT2D eigenvalue weighted by molar-refractivity contribution is 0.0983. The summed E-state index contributed by atoms with van der Waals surface area (Å²) in [5.74, 6) is -0.164. The molecule has 1 unspecified atom stereocenters. The number of primary amides is 1. The number of hydrogen-bond acceptors (Lipinski definition) is 3. The molecule has 1 aliphatic rings. The molecule has 2 heterocycles. The first-order chi connectivity index (χ1) is 8.37. The molecule has 1 radical (unpaired) electrons. The summed E-state index contributed by atoms with van der Waals surface area (Å²) in [5.41, 5.74) is 5.60. The van der Waals surface area contributed by atoms with Gasteiger partial charge < -0.3 is 15.2 Å². The van der Waals surface area contributed by atoms with Crippen LogP contribution >= 0.6 is 0 Å². The van der Waals surface area contributed by atoms with Gasteiger partial charge in [-0.3, -0.25) is 4.79 Å². The Balaban J connectivity index is 2.04. The smallest absolute Gasteiger partial charge is 0.284 e. The van der Waals surface area contributed by atoms with E-state index in [9.17, 15) is 4.79 Å². The molecule has 18 heavy (non-hydrogen) atoms. The molecule has 1 aromatic rings. The van der Waals surface area contributed by atoms with Gasteiger partial charge in [-0.15, -0.1) is 0 Å². The Hall–Kier alpha value is -1.36. The van der Waals surface area contributed by atoms with E-state index in [1.54, 1.807) is 6.20 Å². The highest BCUT2D eigenvalue weighted by atomic mass is 16.1. The lowest BCUT2D eigenvalue weighted by atomic mass is 9.96. The number of imidazole rings is 1. The van der Waals surface area contributed by atoms with E-state index in [0.29, 0.717) is 11.2 Å². The maximum Gasteiger partial charge on any atom is 0.284 e. The van der Waals surface area contributed by atoms with Crippen LogP contribution in [0.2, 0.25) is 0 Å². The molecule has 2 rings (SSSR count). The summed E-state index contributed by atoms with van der Waals surface area (Å²) < 4.78 is 1.87. The molecule has 99 valence electrons. The van der Waals surface area contributed by atoms with Crippen molar-refractivity contribution in [1.82, 2.24) is 14.5 Å². The molecule has 1 aromatic heterocycles. The fourth-order valence-corrected chi connectivity index (χ4v) is 2.59. The van der Waals surface area contributed by atoms with E-state index in [4.69, 9.17) is 5.73 Å². The van der Waals surface area contributed by atoms with Crippen molar-refractivity contribution in [3.63, 3.8) is 0 Å². The molecular weight excluding hydrogens is 228 g/mol. The normalized spacial score (nSPS) is 21.4. The third-order valence-corrected chi connectivity index (χ3v) is 3.17. The Labute approximate surface area is 108 Å². The first-order valence-electron chi connectivity index (χ1n) is 6.34. The highest BCUT2D eigenvalue weighted by molar-refractivity contribution is 5.89. The largest absolute Gasteiger partial charge is 0.363 e. The molecule has 0 aromatic carbocycles. The zero-order chi connectivity index (χ0) is 13.3. The van der Waals surface area contributed by atoms with Crippen molar-refractivity contribution in [2.45, 2.75) is 33.2 Å². The van der Waals surface area contributed by atoms with Gasteiger partial charge in [0.2, 0.25) is 0 Å². The van der Waals surface area contributed by atoms with Crippen LogP contribution in [0.15, 0.2) is 6.20 Å². The van der Waals surface area contributed by atoms with Crippen molar-refractivity contribution in [3.05, 3.63) is 18.2 Å². The molecule has 1 saturated heterocycles. The quantitative estimate of drug-likeness (QED) is 0.871. The van der Waals surface area contributed by atoms with Gasteiger partial charge >= 0.3 is 0 Å². The zero-order valence-electron chi connectivity index (χ0n) is 11.3. The second-order valence-corrected chi connectivity index (χ2v) is 6.20. The van der Waals surface area contributed by atoms with Crippen molar-refractivity contribution in [1.29, 1.82) is 0 Å². The number of carbonyl (C=O) groups is 1. The van der Waals surface area contributed by atoms with Crippen molar-refractivity contribution in [2.75, 3.05) is 19.6 Å². The minimum Gasteiger partial charge on any atom is -0.363 e. The summed E-state index contributed by atoms with van der Waals surface area (Å²) in [6.45, 7) is 9.77. The van der Waals surface area contributed by atoms with Crippen molar-refractivity contribution >= 4 is 5.91 Å². The molecule has 0 aliphatic carbocycles. The lowest BCUT2D eigenvalue weighted by Gasteiger charge is -2.26. The number of likely N-dealkylation sites (tertiary alicyclic amines) is 1. The first kappa shape index (κ1) is 13.1. The van der Waals surface area contributed by atoms with Gasteiger partial charge in [-0.05, 0) is 11.8 Å². The van der Waals surface area contributed by atoms with Crippen molar-refractivity contribution in [2.24, 2.45) is 11.1 Å². The van der Waals surface area contributed by atoms with E-state index in [2.05, 4.69) is 36.9 Å². The number of rotatable bonds is 3. The van der Waals surface area contributed by atoms with E-state index in [0.717, 1.165) is 26.1 Å². The van der Waals surface area contributed by atoms with E-state index in [-0.39, 0.29) is 6.04 Å². The van der Waals surface area contributed by atoms with Crippen LogP contribution in [0.5, 0.6) is 0 Å². The Morgan fingerprint density at radius 1 is 1.61 bits per heavy atom. The average Bonchev–Trinajstić information content (AvgIpc) is 2.81. The number of carbonyl (C=O) groups excluding carboxylic acids is 1. The molecule has 5 nitrogen and oxygen atoms in total. The fourth-order valence-electron chi connectivity index (χ4n) is 2.59. The van der Waals surface area contributed by atoms with Crippen LogP contribution in [-0.4, -0.2) is 40.0 Å². The standard InChI is InChI=1S/C13H21N4O/c1-13(2,3)9-16-6-4-10(8-16)17-7-5-15-12(17)11(14)18/h7,10H,4,6,8-9H2,1-3H3,(H2,14,18). The Kier molecular flexibility index (Phi) is 3.43. The Bertz CT molecular complexity index is 432. The summed E-state index contributed by atoms with van der Waals surface area (Å²) in [7, 11) is 0. The summed E-state index contributed by atoms with van der Waals surface area (Å²) in [6, 6.07) is 0.286. The molecule has 1 atom stereocenters. The molecular formula is C13H21N4O. The number of nitrogens with zero attached hydrogens (tertiary/aromatic N) is 3.